The van der Waals surface area contributed by atoms with E-state index in [1.807, 2.05) is 18.0 Å². The maximum atomic E-state index is 13.8. The Morgan fingerprint density at radius 3 is 2.62 bits per heavy atom. The van der Waals surface area contributed by atoms with Crippen molar-refractivity contribution in [1.29, 1.82) is 0 Å². The number of unbranched alkanes of at least 4 members (excludes halogenated alkanes) is 1. The van der Waals surface area contributed by atoms with Crippen molar-refractivity contribution >= 4 is 28.6 Å². The Hall–Kier alpha value is -2.13. The lowest BCUT2D eigenvalue weighted by molar-refractivity contribution is -0.137. The number of likely N-dealkylation sites (N-methyl/N-ethyl adjacent to an activating group) is 1. The van der Waals surface area contributed by atoms with Crippen LogP contribution in [0.15, 0.2) is 47.8 Å². The van der Waals surface area contributed by atoms with Crippen LogP contribution in [-0.2, 0) is 6.18 Å². The molecule has 0 aliphatic rings. The second-order valence-corrected chi connectivity index (χ2v) is 8.73. The van der Waals surface area contributed by atoms with Gasteiger partial charge < -0.3 is 15.3 Å². The van der Waals surface area contributed by atoms with Gasteiger partial charge in [0, 0.05) is 40.3 Å². The molecule has 3 rings (SSSR count). The van der Waals surface area contributed by atoms with Crippen LogP contribution in [0.5, 0.6) is 0 Å². The highest BCUT2D eigenvalue weighted by Crippen LogP contribution is 2.43. The van der Waals surface area contributed by atoms with Crippen LogP contribution in [0.25, 0.3) is 21.8 Å². The second kappa shape index (κ2) is 11.1. The van der Waals surface area contributed by atoms with Gasteiger partial charge in [-0.1, -0.05) is 29.8 Å². The molecule has 1 aromatic heterocycles. The molecular weight excluding hydrogens is 459 g/mol. The van der Waals surface area contributed by atoms with Gasteiger partial charge in [-0.25, -0.2) is 4.98 Å². The number of halogens is 4. The lowest BCUT2D eigenvalue weighted by atomic mass is 10.0. The summed E-state index contributed by atoms with van der Waals surface area (Å²) in [4.78, 5) is 6.52. The number of hydrogen-bond acceptors (Lipinski definition) is 5. The molecule has 172 valence electrons. The number of anilines is 1. The summed E-state index contributed by atoms with van der Waals surface area (Å²) in [5.41, 5.74) is 1.11. The number of rotatable bonds is 10. The molecule has 0 saturated carbocycles. The molecular formula is C23H25ClF3N3OS. The van der Waals surface area contributed by atoms with Crippen molar-refractivity contribution in [1.82, 2.24) is 9.88 Å². The van der Waals surface area contributed by atoms with Gasteiger partial charge in [0.25, 0.3) is 0 Å². The standard InChI is InChI=1S/C23H25ClF3N3OS/c1-30(12-13-31)11-3-2-10-28-19-9-5-8-18(23(25,26)27)21(19)22-29-20(15-32-22)16-6-4-7-17(24)14-16/h4-9,14-15,28,31H,2-3,10-13H2,1H3. The van der Waals surface area contributed by atoms with E-state index >= 15 is 0 Å². The number of alkyl halides is 3. The van der Waals surface area contributed by atoms with Crippen LogP contribution in [0, 0.1) is 0 Å². The molecule has 0 atom stereocenters. The summed E-state index contributed by atoms with van der Waals surface area (Å²) in [5, 5.41) is 14.7. The maximum absolute atomic E-state index is 13.8. The van der Waals surface area contributed by atoms with Crippen LogP contribution in [-0.4, -0.2) is 48.3 Å². The Kier molecular flexibility index (Phi) is 8.53. The van der Waals surface area contributed by atoms with Crippen molar-refractivity contribution in [3.8, 4) is 21.8 Å². The minimum absolute atomic E-state index is 0.0654. The number of nitrogens with one attached hydrogen (secondary N) is 1. The molecule has 1 heterocycles. The first-order chi connectivity index (χ1) is 15.3. The van der Waals surface area contributed by atoms with Gasteiger partial charge in [0.1, 0.15) is 5.01 Å². The molecule has 0 amide bonds. The van der Waals surface area contributed by atoms with E-state index in [0.717, 1.165) is 31.0 Å². The number of aliphatic hydroxyl groups excluding tert-OH is 1. The minimum Gasteiger partial charge on any atom is -0.395 e. The van der Waals surface area contributed by atoms with E-state index < -0.39 is 11.7 Å². The largest absolute Gasteiger partial charge is 0.417 e. The third-order valence-electron chi connectivity index (χ3n) is 4.97. The first-order valence-corrected chi connectivity index (χ1v) is 11.5. The Morgan fingerprint density at radius 1 is 1.12 bits per heavy atom. The predicted octanol–water partition coefficient (Wildman–Crippen LogP) is 6.27. The van der Waals surface area contributed by atoms with Gasteiger partial charge in [-0.15, -0.1) is 11.3 Å². The van der Waals surface area contributed by atoms with Gasteiger partial charge in [0.2, 0.25) is 0 Å². The lowest BCUT2D eigenvalue weighted by Gasteiger charge is -2.17. The van der Waals surface area contributed by atoms with Gasteiger partial charge >= 0.3 is 6.18 Å². The van der Waals surface area contributed by atoms with Crippen molar-refractivity contribution in [3.05, 3.63) is 58.4 Å². The van der Waals surface area contributed by atoms with E-state index in [0.29, 0.717) is 34.5 Å². The molecule has 2 aromatic carbocycles. The Morgan fingerprint density at radius 2 is 1.91 bits per heavy atom. The van der Waals surface area contributed by atoms with Crippen molar-refractivity contribution < 1.29 is 18.3 Å². The summed E-state index contributed by atoms with van der Waals surface area (Å²) in [5.74, 6) is 0. The highest BCUT2D eigenvalue weighted by molar-refractivity contribution is 7.13. The molecule has 0 saturated heterocycles. The number of benzene rings is 2. The molecule has 0 bridgehead atoms. The first kappa shape index (κ1) is 24.5. The third-order valence-corrected chi connectivity index (χ3v) is 6.07. The zero-order chi connectivity index (χ0) is 23.1. The molecule has 0 fully saturated rings. The van der Waals surface area contributed by atoms with Crippen molar-refractivity contribution in [2.45, 2.75) is 19.0 Å². The van der Waals surface area contributed by atoms with E-state index in [-0.39, 0.29) is 12.2 Å². The quantitative estimate of drug-likeness (QED) is 0.334. The van der Waals surface area contributed by atoms with E-state index in [1.165, 1.54) is 17.4 Å². The molecule has 4 nitrogen and oxygen atoms in total. The second-order valence-electron chi connectivity index (χ2n) is 7.43. The van der Waals surface area contributed by atoms with E-state index in [9.17, 15) is 13.2 Å². The lowest BCUT2D eigenvalue weighted by Crippen LogP contribution is -2.23. The van der Waals surface area contributed by atoms with Gasteiger partial charge in [-0.05, 0) is 50.7 Å². The van der Waals surface area contributed by atoms with Crippen molar-refractivity contribution in [3.63, 3.8) is 0 Å². The topological polar surface area (TPSA) is 48.4 Å². The van der Waals surface area contributed by atoms with Crippen molar-refractivity contribution in [2.75, 3.05) is 38.6 Å². The molecule has 3 aromatic rings. The van der Waals surface area contributed by atoms with Crippen LogP contribution in [0.3, 0.4) is 0 Å². The number of hydrogen-bond donors (Lipinski definition) is 2. The minimum atomic E-state index is -4.50. The molecule has 0 spiro atoms. The summed E-state index contributed by atoms with van der Waals surface area (Å²) in [6, 6.07) is 11.2. The van der Waals surface area contributed by atoms with Crippen LogP contribution in [0.1, 0.15) is 18.4 Å². The van der Waals surface area contributed by atoms with Crippen LogP contribution in [0.2, 0.25) is 5.02 Å². The summed E-state index contributed by atoms with van der Waals surface area (Å²) in [6.45, 7) is 2.05. The fourth-order valence-corrected chi connectivity index (χ4v) is 4.44. The fourth-order valence-electron chi connectivity index (χ4n) is 3.35. The van der Waals surface area contributed by atoms with Gasteiger partial charge in [0.15, 0.2) is 0 Å². The summed E-state index contributed by atoms with van der Waals surface area (Å²) in [7, 11) is 1.93. The molecule has 0 radical (unpaired) electrons. The SMILES string of the molecule is CN(CCO)CCCCNc1cccc(C(F)(F)F)c1-c1nc(-c2cccc(Cl)c2)cs1. The van der Waals surface area contributed by atoms with Crippen LogP contribution in [0.4, 0.5) is 18.9 Å². The summed E-state index contributed by atoms with van der Waals surface area (Å²) >= 11 is 7.23. The van der Waals surface area contributed by atoms with Gasteiger partial charge in [-0.3, -0.25) is 0 Å². The predicted molar refractivity (Wildman–Crippen MR) is 125 cm³/mol. The summed E-state index contributed by atoms with van der Waals surface area (Å²) < 4.78 is 41.4. The number of aromatic nitrogens is 1. The Bertz CT molecular complexity index is 1030. The monoisotopic (exact) mass is 483 g/mol. The molecule has 0 aliphatic carbocycles. The first-order valence-electron chi connectivity index (χ1n) is 10.2. The van der Waals surface area contributed by atoms with Crippen molar-refractivity contribution in [2.24, 2.45) is 0 Å². The molecule has 32 heavy (non-hydrogen) atoms. The zero-order valence-corrected chi connectivity index (χ0v) is 19.2. The van der Waals surface area contributed by atoms with Crippen LogP contribution >= 0.6 is 22.9 Å². The highest BCUT2D eigenvalue weighted by Gasteiger charge is 2.35. The average Bonchev–Trinajstić information content (AvgIpc) is 3.23. The number of thiazole rings is 1. The molecule has 0 aliphatic heterocycles. The van der Waals surface area contributed by atoms with E-state index in [2.05, 4.69) is 10.3 Å². The molecule has 9 heteroatoms. The van der Waals surface area contributed by atoms with E-state index in [1.54, 1.807) is 29.6 Å². The molecule has 2 N–H and O–H groups in total. The number of nitrogens with zero attached hydrogens (tertiary/aromatic N) is 2. The van der Waals surface area contributed by atoms with Gasteiger partial charge in [0.05, 0.1) is 17.9 Å². The van der Waals surface area contributed by atoms with Crippen LogP contribution < -0.4 is 5.32 Å². The zero-order valence-electron chi connectivity index (χ0n) is 17.6. The highest BCUT2D eigenvalue weighted by atomic mass is 35.5. The third kappa shape index (κ3) is 6.45. The van der Waals surface area contributed by atoms with E-state index in [4.69, 9.17) is 16.7 Å². The Labute approximate surface area is 194 Å². The molecule has 0 unspecified atom stereocenters. The normalized spacial score (nSPS) is 11.8. The number of aliphatic hydroxyl groups is 1. The fraction of sp³-hybridized carbons (Fsp3) is 0.348. The maximum Gasteiger partial charge on any atom is 0.417 e. The average molecular weight is 484 g/mol. The Balaban J connectivity index is 1.83. The van der Waals surface area contributed by atoms with Gasteiger partial charge in [-0.2, -0.15) is 13.2 Å². The summed E-state index contributed by atoms with van der Waals surface area (Å²) in [6.07, 6.45) is -2.84. The smallest absolute Gasteiger partial charge is 0.395 e.